The molecule has 6 heterocycles. The van der Waals surface area contributed by atoms with Crippen molar-refractivity contribution in [3.63, 3.8) is 0 Å². The van der Waals surface area contributed by atoms with E-state index in [1.807, 2.05) is 0 Å². The van der Waals surface area contributed by atoms with Crippen LogP contribution in [-0.4, -0.2) is 91.9 Å². The number of alkyl halides is 1. The molecule has 44 heavy (non-hydrogen) atoms. The minimum absolute atomic E-state index is 0.0415. The predicted octanol–water partition coefficient (Wildman–Crippen LogP) is 0.534. The van der Waals surface area contributed by atoms with Crippen LogP contribution in [0.3, 0.4) is 0 Å². The van der Waals surface area contributed by atoms with Gasteiger partial charge in [0.05, 0.1) is 37.7 Å². The van der Waals surface area contributed by atoms with E-state index in [0.717, 1.165) is 0 Å². The van der Waals surface area contributed by atoms with E-state index in [9.17, 15) is 19.4 Å². The zero-order valence-corrected chi connectivity index (χ0v) is 25.9. The van der Waals surface area contributed by atoms with Gasteiger partial charge in [0.2, 0.25) is 0 Å². The zero-order chi connectivity index (χ0) is 31.1. The Morgan fingerprint density at radius 2 is 1.77 bits per heavy atom. The average Bonchev–Trinajstić information content (AvgIpc) is 3.72. The van der Waals surface area contributed by atoms with Gasteiger partial charge in [-0.05, 0) is 11.8 Å². The Balaban J connectivity index is 1.22. The SMILES string of the molecule is Cn1cnc2c(ncn2[C@@H]2C[C@@H]3OP(O)(=S)O[C@H]4[C@H](F)[C@H](n5cnc6c(N)ncnc65)O[C@@H]4COP(=O)(S)O[C@@H]2[C@@H]3O)c1=O. The normalized spacial score (nSPS) is 38.0. The van der Waals surface area contributed by atoms with Crippen molar-refractivity contribution in [3.05, 3.63) is 35.7 Å². The van der Waals surface area contributed by atoms with Gasteiger partial charge in [-0.1, -0.05) is 12.2 Å². The molecule has 2 bridgehead atoms. The van der Waals surface area contributed by atoms with E-state index < -0.39 is 74.6 Å². The quantitative estimate of drug-likeness (QED) is 0.166. The molecule has 236 valence electrons. The standard InChI is InChI=1S/C21H24FN9O9P2S2/c1-29-5-28-19-13(20(29)33)27-6-30(19)8-2-9-14(32)15(8)39-41(34,43)36-3-10-16(40-42(35,44)38-9)11(22)21(37-10)31-7-26-12-17(23)24-4-25-18(12)31/h4-11,14-16,21,32H,2-3H2,1H3,(H,34,43)(H,35,44)(H2,23,24,25)/t8-,9+,10-,11+,14-,15+,16-,21-,41?,42?/m1/s1. The van der Waals surface area contributed by atoms with Crippen molar-refractivity contribution in [1.29, 1.82) is 0 Å². The van der Waals surface area contributed by atoms with E-state index in [-0.39, 0.29) is 34.6 Å². The van der Waals surface area contributed by atoms with E-state index in [2.05, 4.69) is 37.2 Å². The molecule has 3 aliphatic rings. The summed E-state index contributed by atoms with van der Waals surface area (Å²) in [6.07, 6.45) is -5.52. The molecule has 2 aliphatic heterocycles. The maximum Gasteiger partial charge on any atom is 0.386 e. The highest BCUT2D eigenvalue weighted by Gasteiger charge is 2.54. The van der Waals surface area contributed by atoms with Crippen LogP contribution < -0.4 is 11.3 Å². The number of aliphatic hydroxyl groups is 1. The van der Waals surface area contributed by atoms with Gasteiger partial charge in [-0.25, -0.2) is 33.9 Å². The molecule has 0 radical (unpaired) electrons. The van der Waals surface area contributed by atoms with Crippen LogP contribution in [0.1, 0.15) is 18.7 Å². The van der Waals surface area contributed by atoms with E-state index in [0.29, 0.717) is 0 Å². The Kier molecular flexibility index (Phi) is 7.45. The number of halogens is 1. The minimum atomic E-state index is -4.30. The molecule has 4 N–H and O–H groups in total. The van der Waals surface area contributed by atoms with Gasteiger partial charge in [-0.3, -0.25) is 22.9 Å². The molecule has 0 amide bonds. The van der Waals surface area contributed by atoms with Crippen LogP contribution in [0, 0.1) is 0 Å². The number of ether oxygens (including phenoxy) is 1. The lowest BCUT2D eigenvalue weighted by molar-refractivity contribution is -0.0539. The monoisotopic (exact) mass is 691 g/mol. The van der Waals surface area contributed by atoms with E-state index in [1.54, 1.807) is 0 Å². The van der Waals surface area contributed by atoms with E-state index >= 15 is 4.39 Å². The average molecular weight is 692 g/mol. The van der Waals surface area contributed by atoms with Crippen molar-refractivity contribution in [2.45, 2.75) is 55.4 Å². The Bertz CT molecular complexity index is 1930. The number of aliphatic hydroxyl groups excluding tert-OH is 1. The van der Waals surface area contributed by atoms with Crippen molar-refractivity contribution in [1.82, 2.24) is 38.6 Å². The largest absolute Gasteiger partial charge is 0.388 e. The molecule has 3 fully saturated rings. The smallest absolute Gasteiger partial charge is 0.386 e. The summed E-state index contributed by atoms with van der Waals surface area (Å²) in [5.41, 5.74) is 6.00. The molecule has 4 aromatic heterocycles. The first-order valence-corrected chi connectivity index (χ1v) is 18.3. The van der Waals surface area contributed by atoms with Crippen LogP contribution >= 0.6 is 25.8 Å². The molecule has 0 spiro atoms. The second-order valence-electron chi connectivity index (χ2n) is 10.4. The molecular formula is C21H24FN9O9P2S2. The summed E-state index contributed by atoms with van der Waals surface area (Å²) in [5, 5.41) is 11.2. The molecule has 23 heteroatoms. The lowest BCUT2D eigenvalue weighted by atomic mass is 10.1. The molecule has 0 aromatic carbocycles. The third-order valence-electron chi connectivity index (χ3n) is 7.68. The topological polar surface area (TPSA) is 226 Å². The minimum Gasteiger partial charge on any atom is -0.388 e. The molecule has 1 aliphatic carbocycles. The fourth-order valence-corrected chi connectivity index (χ4v) is 8.92. The summed E-state index contributed by atoms with van der Waals surface area (Å²) in [6, 6.07) is -0.891. The number of anilines is 1. The summed E-state index contributed by atoms with van der Waals surface area (Å²) in [7, 11) is 1.51. The highest BCUT2D eigenvalue weighted by molar-refractivity contribution is 8.44. The first-order chi connectivity index (χ1) is 20.8. The fraction of sp³-hybridized carbons (Fsp3) is 0.524. The lowest BCUT2D eigenvalue weighted by Crippen LogP contribution is -2.37. The number of hydrogen-bond donors (Lipinski definition) is 4. The molecule has 4 aromatic rings. The summed E-state index contributed by atoms with van der Waals surface area (Å²) in [5.74, 6) is 0.0644. The van der Waals surface area contributed by atoms with Crippen molar-refractivity contribution in [2.24, 2.45) is 7.05 Å². The van der Waals surface area contributed by atoms with E-state index in [1.165, 1.54) is 46.1 Å². The number of hydrogen-bond acceptors (Lipinski definition) is 15. The number of thiol groups is 1. The highest BCUT2D eigenvalue weighted by atomic mass is 32.7. The Morgan fingerprint density at radius 1 is 1.05 bits per heavy atom. The van der Waals surface area contributed by atoms with Gasteiger partial charge in [-0.2, -0.15) is 0 Å². The Morgan fingerprint density at radius 3 is 2.57 bits per heavy atom. The van der Waals surface area contributed by atoms with Crippen LogP contribution in [0.4, 0.5) is 10.2 Å². The van der Waals surface area contributed by atoms with Gasteiger partial charge in [0.15, 0.2) is 35.0 Å². The van der Waals surface area contributed by atoms with Crippen LogP contribution in [0.5, 0.6) is 0 Å². The molecule has 7 rings (SSSR count). The number of aryl methyl sites for hydroxylation is 1. The second kappa shape index (κ2) is 10.8. The number of imidazole rings is 2. The molecule has 2 saturated heterocycles. The third kappa shape index (κ3) is 5.09. The number of nitrogens with zero attached hydrogens (tertiary/aromatic N) is 8. The first kappa shape index (κ1) is 30.2. The number of rotatable bonds is 2. The Labute approximate surface area is 256 Å². The summed E-state index contributed by atoms with van der Waals surface area (Å²) < 4.78 is 62.0. The van der Waals surface area contributed by atoms with Crippen LogP contribution in [0.2, 0.25) is 0 Å². The van der Waals surface area contributed by atoms with Gasteiger partial charge >= 0.3 is 13.5 Å². The van der Waals surface area contributed by atoms with Crippen molar-refractivity contribution in [3.8, 4) is 0 Å². The number of fused-ring (bicyclic) bond motifs is 5. The van der Waals surface area contributed by atoms with Gasteiger partial charge in [0, 0.05) is 13.5 Å². The van der Waals surface area contributed by atoms with E-state index in [4.69, 9.17) is 40.4 Å². The third-order valence-corrected chi connectivity index (χ3v) is 10.9. The van der Waals surface area contributed by atoms with Gasteiger partial charge in [0.1, 0.15) is 36.3 Å². The summed E-state index contributed by atoms with van der Waals surface area (Å²) in [6.45, 7) is -9.19. The highest BCUT2D eigenvalue weighted by Crippen LogP contribution is 2.60. The van der Waals surface area contributed by atoms with Crippen molar-refractivity contribution >= 4 is 65.7 Å². The van der Waals surface area contributed by atoms with Gasteiger partial charge < -0.3 is 34.1 Å². The van der Waals surface area contributed by atoms with Crippen LogP contribution in [-0.2, 0) is 46.3 Å². The van der Waals surface area contributed by atoms with Crippen LogP contribution in [0.15, 0.2) is 30.1 Å². The van der Waals surface area contributed by atoms with Crippen molar-refractivity contribution in [2.75, 3.05) is 12.3 Å². The zero-order valence-electron chi connectivity index (χ0n) is 22.4. The van der Waals surface area contributed by atoms with Crippen molar-refractivity contribution < 1.29 is 41.8 Å². The van der Waals surface area contributed by atoms with Crippen LogP contribution in [0.25, 0.3) is 22.3 Å². The number of nitrogen functional groups attached to an aromatic ring is 1. The Hall–Kier alpha value is -2.42. The predicted molar refractivity (Wildman–Crippen MR) is 155 cm³/mol. The lowest BCUT2D eigenvalue weighted by Gasteiger charge is -2.30. The first-order valence-electron chi connectivity index (χ1n) is 13.0. The molecule has 2 unspecified atom stereocenters. The van der Waals surface area contributed by atoms with Gasteiger partial charge in [-0.15, -0.1) is 0 Å². The fourth-order valence-electron chi connectivity index (χ4n) is 5.63. The summed E-state index contributed by atoms with van der Waals surface area (Å²) in [4.78, 5) is 44.2. The molecule has 18 nitrogen and oxygen atoms in total. The maximum absolute atomic E-state index is 16.1. The van der Waals surface area contributed by atoms with Gasteiger partial charge in [0.25, 0.3) is 5.56 Å². The molecule has 1 saturated carbocycles. The number of aromatic nitrogens is 8. The molecular weight excluding hydrogens is 667 g/mol. The second-order valence-corrected chi connectivity index (χ2v) is 16.0. The maximum atomic E-state index is 16.1. The number of nitrogens with two attached hydrogens (primary N) is 1. The summed E-state index contributed by atoms with van der Waals surface area (Å²) >= 11 is 9.33. The molecule has 10 atom stereocenters.